The van der Waals surface area contributed by atoms with Crippen molar-refractivity contribution in [3.8, 4) is 11.1 Å². The van der Waals surface area contributed by atoms with Crippen LogP contribution in [0.1, 0.15) is 0 Å². The highest BCUT2D eigenvalue weighted by atomic mass is 16.3. The second-order valence-electron chi connectivity index (χ2n) is 2.19. The average molecular weight is 144 g/mol. The van der Waals surface area contributed by atoms with Crippen molar-refractivity contribution in [3.63, 3.8) is 0 Å². The molecule has 0 fully saturated rings. The van der Waals surface area contributed by atoms with Crippen LogP contribution in [-0.2, 0) is 0 Å². The topological polar surface area (TPSA) is 26.0 Å². The summed E-state index contributed by atoms with van der Waals surface area (Å²) in [4.78, 5) is 3.99. The van der Waals surface area contributed by atoms with Gasteiger partial charge in [0.05, 0.1) is 6.26 Å². The molecule has 0 bridgehead atoms. The Morgan fingerprint density at radius 2 is 2.36 bits per heavy atom. The van der Waals surface area contributed by atoms with Gasteiger partial charge in [-0.2, -0.15) is 0 Å². The smallest absolute Gasteiger partial charge is 0.169 e. The van der Waals surface area contributed by atoms with Gasteiger partial charge in [-0.05, 0) is 12.1 Å². The standard InChI is InChI=1S/C9H6NO/c1-2-8(6-10-4-1)9-3-5-11-7-9/h1-4,6-7H. The van der Waals surface area contributed by atoms with Crippen LogP contribution in [0.5, 0.6) is 0 Å². The highest BCUT2D eigenvalue weighted by molar-refractivity contribution is 5.60. The van der Waals surface area contributed by atoms with Gasteiger partial charge < -0.3 is 4.42 Å². The number of rotatable bonds is 1. The van der Waals surface area contributed by atoms with E-state index in [4.69, 9.17) is 4.42 Å². The molecule has 0 aliphatic heterocycles. The monoisotopic (exact) mass is 144 g/mol. The molecule has 0 saturated carbocycles. The van der Waals surface area contributed by atoms with E-state index in [1.165, 1.54) is 0 Å². The minimum atomic E-state index is 1.01. The fourth-order valence-electron chi connectivity index (χ4n) is 0.914. The van der Waals surface area contributed by atoms with Gasteiger partial charge >= 0.3 is 0 Å². The van der Waals surface area contributed by atoms with Crippen LogP contribution in [0, 0.1) is 6.26 Å². The van der Waals surface area contributed by atoms with Crippen LogP contribution in [0.15, 0.2) is 41.3 Å². The quantitative estimate of drug-likeness (QED) is 0.612. The Hall–Kier alpha value is -1.57. The zero-order valence-corrected chi connectivity index (χ0v) is 5.82. The first-order valence-electron chi connectivity index (χ1n) is 3.32. The lowest BCUT2D eigenvalue weighted by molar-refractivity contribution is 0.559. The molecule has 0 saturated heterocycles. The van der Waals surface area contributed by atoms with Crippen LogP contribution in [0.25, 0.3) is 11.1 Å². The zero-order chi connectivity index (χ0) is 7.52. The van der Waals surface area contributed by atoms with Crippen molar-refractivity contribution in [1.82, 2.24) is 4.98 Å². The molecular formula is C9H6NO. The Kier molecular flexibility index (Phi) is 1.44. The van der Waals surface area contributed by atoms with E-state index < -0.39 is 0 Å². The van der Waals surface area contributed by atoms with Crippen LogP contribution >= 0.6 is 0 Å². The van der Waals surface area contributed by atoms with E-state index in [9.17, 15) is 0 Å². The number of hydrogen-bond donors (Lipinski definition) is 0. The fraction of sp³-hybridized carbons (Fsp3) is 0. The minimum Gasteiger partial charge on any atom is -0.460 e. The van der Waals surface area contributed by atoms with Crippen molar-refractivity contribution < 1.29 is 4.42 Å². The predicted octanol–water partition coefficient (Wildman–Crippen LogP) is 2.14. The van der Waals surface area contributed by atoms with Crippen molar-refractivity contribution in [2.24, 2.45) is 0 Å². The molecule has 0 atom stereocenters. The number of pyridine rings is 1. The molecule has 0 amide bonds. The average Bonchev–Trinajstić information content (AvgIpc) is 2.58. The Bertz CT molecular complexity index is 313. The molecule has 2 aromatic rings. The van der Waals surface area contributed by atoms with Gasteiger partial charge in [0.2, 0.25) is 0 Å². The summed E-state index contributed by atoms with van der Waals surface area (Å²) in [6.45, 7) is 0. The summed E-state index contributed by atoms with van der Waals surface area (Å²) in [5, 5.41) is 0. The van der Waals surface area contributed by atoms with E-state index >= 15 is 0 Å². The maximum atomic E-state index is 4.82. The third-order valence-electron chi connectivity index (χ3n) is 1.46. The number of nitrogens with zero attached hydrogens (tertiary/aromatic N) is 1. The third-order valence-corrected chi connectivity index (χ3v) is 1.46. The Morgan fingerprint density at radius 1 is 1.36 bits per heavy atom. The Morgan fingerprint density at radius 3 is 3.00 bits per heavy atom. The highest BCUT2D eigenvalue weighted by Gasteiger charge is 1.96. The summed E-state index contributed by atoms with van der Waals surface area (Å²) < 4.78 is 4.82. The molecule has 2 nitrogen and oxygen atoms in total. The van der Waals surface area contributed by atoms with Gasteiger partial charge in [-0.25, -0.2) is 0 Å². The van der Waals surface area contributed by atoms with Gasteiger partial charge in [-0.3, -0.25) is 4.98 Å². The number of furan rings is 1. The molecule has 0 N–H and O–H groups in total. The summed E-state index contributed by atoms with van der Waals surface area (Å²) in [7, 11) is 0. The summed E-state index contributed by atoms with van der Waals surface area (Å²) in [6.07, 6.45) is 7.81. The molecule has 1 radical (unpaired) electrons. The first-order valence-corrected chi connectivity index (χ1v) is 3.32. The van der Waals surface area contributed by atoms with Crippen LogP contribution in [0.2, 0.25) is 0 Å². The molecule has 2 heterocycles. The van der Waals surface area contributed by atoms with Crippen molar-refractivity contribution in [2.75, 3.05) is 0 Å². The Labute approximate surface area is 64.5 Å². The maximum Gasteiger partial charge on any atom is 0.169 e. The molecule has 2 aromatic heterocycles. The lowest BCUT2D eigenvalue weighted by Crippen LogP contribution is -1.73. The maximum absolute atomic E-state index is 4.82. The fourth-order valence-corrected chi connectivity index (χ4v) is 0.914. The molecule has 0 spiro atoms. The van der Waals surface area contributed by atoms with Crippen LogP contribution in [-0.4, -0.2) is 4.98 Å². The summed E-state index contributed by atoms with van der Waals surface area (Å²) in [5.41, 5.74) is 2.07. The highest BCUT2D eigenvalue weighted by Crippen LogP contribution is 2.16. The van der Waals surface area contributed by atoms with E-state index in [1.54, 1.807) is 24.7 Å². The van der Waals surface area contributed by atoms with Crippen LogP contribution in [0.4, 0.5) is 0 Å². The minimum absolute atomic E-state index is 1.01. The number of aromatic nitrogens is 1. The predicted molar refractivity (Wildman–Crippen MR) is 40.8 cm³/mol. The van der Waals surface area contributed by atoms with E-state index in [-0.39, 0.29) is 0 Å². The van der Waals surface area contributed by atoms with Crippen molar-refractivity contribution in [3.05, 3.63) is 43.1 Å². The summed E-state index contributed by atoms with van der Waals surface area (Å²) >= 11 is 0. The van der Waals surface area contributed by atoms with Crippen molar-refractivity contribution in [1.29, 1.82) is 0 Å². The second-order valence-corrected chi connectivity index (χ2v) is 2.19. The van der Waals surface area contributed by atoms with Gasteiger partial charge in [0, 0.05) is 23.5 Å². The SMILES string of the molecule is [c]1cc(-c2cccnc2)co1. The molecule has 0 aromatic carbocycles. The molecule has 2 rings (SSSR count). The van der Waals surface area contributed by atoms with E-state index in [1.807, 2.05) is 12.1 Å². The third kappa shape index (κ3) is 1.15. The first-order chi connectivity index (χ1) is 5.47. The summed E-state index contributed by atoms with van der Waals surface area (Å²) in [5.74, 6) is 0. The first kappa shape index (κ1) is 6.16. The molecule has 11 heavy (non-hydrogen) atoms. The van der Waals surface area contributed by atoms with Crippen molar-refractivity contribution in [2.45, 2.75) is 0 Å². The Balaban J connectivity index is 2.46. The van der Waals surface area contributed by atoms with Gasteiger partial charge in [-0.1, -0.05) is 6.07 Å². The molecule has 0 aliphatic carbocycles. The van der Waals surface area contributed by atoms with E-state index in [2.05, 4.69) is 11.2 Å². The molecule has 53 valence electrons. The van der Waals surface area contributed by atoms with Crippen LogP contribution in [0.3, 0.4) is 0 Å². The molecular weight excluding hydrogens is 138 g/mol. The molecule has 2 heteroatoms. The zero-order valence-electron chi connectivity index (χ0n) is 5.82. The van der Waals surface area contributed by atoms with Gasteiger partial charge in [-0.15, -0.1) is 0 Å². The van der Waals surface area contributed by atoms with E-state index in [0.717, 1.165) is 11.1 Å². The van der Waals surface area contributed by atoms with Gasteiger partial charge in [0.25, 0.3) is 0 Å². The largest absolute Gasteiger partial charge is 0.460 e. The van der Waals surface area contributed by atoms with Gasteiger partial charge in [0.15, 0.2) is 6.26 Å². The van der Waals surface area contributed by atoms with Gasteiger partial charge in [0.1, 0.15) is 0 Å². The normalized spacial score (nSPS) is 9.82. The van der Waals surface area contributed by atoms with E-state index in [0.29, 0.717) is 0 Å². The van der Waals surface area contributed by atoms with Crippen molar-refractivity contribution >= 4 is 0 Å². The lowest BCUT2D eigenvalue weighted by Gasteiger charge is -1.91. The second kappa shape index (κ2) is 2.58. The molecule has 0 aliphatic rings. The number of hydrogen-bond acceptors (Lipinski definition) is 2. The summed E-state index contributed by atoms with van der Waals surface area (Å²) in [6, 6.07) is 5.66. The molecule has 0 unspecified atom stereocenters. The lowest BCUT2D eigenvalue weighted by atomic mass is 10.2. The van der Waals surface area contributed by atoms with Crippen LogP contribution < -0.4 is 0 Å².